The zero-order valence-corrected chi connectivity index (χ0v) is 12.7. The van der Waals surface area contributed by atoms with Crippen molar-refractivity contribution in [3.05, 3.63) is 54.1 Å². The molecule has 0 N–H and O–H groups in total. The molecule has 114 valence electrons. The number of carbonyl (C=O) groups is 1. The van der Waals surface area contributed by atoms with Gasteiger partial charge in [-0.2, -0.15) is 0 Å². The molecule has 3 rings (SSSR count). The van der Waals surface area contributed by atoms with Crippen LogP contribution in [0.2, 0.25) is 0 Å². The van der Waals surface area contributed by atoms with E-state index < -0.39 is 0 Å². The van der Waals surface area contributed by atoms with E-state index in [1.807, 2.05) is 18.2 Å². The lowest BCUT2D eigenvalue weighted by atomic mass is 10.0. The Morgan fingerprint density at radius 2 is 2.14 bits per heavy atom. The minimum absolute atomic E-state index is 0.342. The summed E-state index contributed by atoms with van der Waals surface area (Å²) < 4.78 is 11.0. The fourth-order valence-corrected chi connectivity index (χ4v) is 2.58. The van der Waals surface area contributed by atoms with Crippen LogP contribution in [-0.4, -0.2) is 30.8 Å². The quantitative estimate of drug-likeness (QED) is 0.642. The molecule has 0 saturated heterocycles. The van der Waals surface area contributed by atoms with Crippen molar-refractivity contribution in [3.8, 4) is 5.75 Å². The lowest BCUT2D eigenvalue weighted by molar-refractivity contribution is -0.139. The van der Waals surface area contributed by atoms with Gasteiger partial charge in [0.1, 0.15) is 19.1 Å². The summed E-state index contributed by atoms with van der Waals surface area (Å²) in [6.07, 6.45) is 0. The summed E-state index contributed by atoms with van der Waals surface area (Å²) in [4.78, 5) is 13.5. The van der Waals surface area contributed by atoms with Crippen LogP contribution >= 0.6 is 0 Å². The Kier molecular flexibility index (Phi) is 4.11. The number of fused-ring (bicyclic) bond motifs is 3. The van der Waals surface area contributed by atoms with Crippen LogP contribution in [0.3, 0.4) is 0 Å². The smallest absolute Gasteiger partial charge is 0.333 e. The third kappa shape index (κ3) is 2.97. The molecule has 4 nitrogen and oxygen atoms in total. The highest BCUT2D eigenvalue weighted by Gasteiger charge is 2.19. The molecule has 0 amide bonds. The summed E-state index contributed by atoms with van der Waals surface area (Å²) in [7, 11) is 0. The van der Waals surface area contributed by atoms with Gasteiger partial charge in [0, 0.05) is 24.2 Å². The monoisotopic (exact) mass is 297 g/mol. The van der Waals surface area contributed by atoms with Crippen LogP contribution in [0.1, 0.15) is 12.5 Å². The summed E-state index contributed by atoms with van der Waals surface area (Å²) in [6, 6.07) is 12.4. The van der Waals surface area contributed by atoms with Crippen LogP contribution in [0.5, 0.6) is 5.75 Å². The maximum absolute atomic E-state index is 11.4. The SMILES string of the molecule is C=C(C)C(=O)OCCN1COc2ccc3ccccc3c2C1. The molecule has 0 fully saturated rings. The summed E-state index contributed by atoms with van der Waals surface area (Å²) in [6.45, 7) is 7.50. The second kappa shape index (κ2) is 6.20. The second-order valence-electron chi connectivity index (χ2n) is 5.51. The molecular weight excluding hydrogens is 278 g/mol. The summed E-state index contributed by atoms with van der Waals surface area (Å²) in [5.41, 5.74) is 1.61. The third-order valence-corrected chi connectivity index (χ3v) is 3.77. The average molecular weight is 297 g/mol. The van der Waals surface area contributed by atoms with E-state index in [9.17, 15) is 4.79 Å². The van der Waals surface area contributed by atoms with Crippen LogP contribution in [0, 0.1) is 0 Å². The molecule has 1 aliphatic heterocycles. The molecule has 4 heteroatoms. The number of hydrogen-bond acceptors (Lipinski definition) is 4. The molecule has 0 aromatic heterocycles. The molecular formula is C18H19NO3. The maximum Gasteiger partial charge on any atom is 0.333 e. The van der Waals surface area contributed by atoms with E-state index in [2.05, 4.69) is 29.7 Å². The highest BCUT2D eigenvalue weighted by Crippen LogP contribution is 2.31. The Hall–Kier alpha value is -2.33. The Bertz CT molecular complexity index is 723. The third-order valence-electron chi connectivity index (χ3n) is 3.77. The number of nitrogens with zero attached hydrogens (tertiary/aromatic N) is 1. The summed E-state index contributed by atoms with van der Waals surface area (Å²) in [5.74, 6) is 0.595. The molecule has 2 aromatic rings. The van der Waals surface area contributed by atoms with Crippen molar-refractivity contribution in [1.29, 1.82) is 0 Å². The predicted octanol–water partition coefficient (Wildman–Crippen LogP) is 3.11. The maximum atomic E-state index is 11.4. The van der Waals surface area contributed by atoms with Crippen molar-refractivity contribution in [2.24, 2.45) is 0 Å². The van der Waals surface area contributed by atoms with Crippen LogP contribution in [0.25, 0.3) is 10.8 Å². The molecule has 0 bridgehead atoms. The van der Waals surface area contributed by atoms with Crippen molar-refractivity contribution in [2.45, 2.75) is 13.5 Å². The standard InChI is InChI=1S/C18H19NO3/c1-13(2)18(20)21-10-9-19-11-16-15-6-4-3-5-14(15)7-8-17(16)22-12-19/h3-8H,1,9-12H2,2H3. The van der Waals surface area contributed by atoms with Gasteiger partial charge in [0.15, 0.2) is 0 Å². The Balaban J connectivity index is 1.69. The molecule has 0 radical (unpaired) electrons. The number of ether oxygens (including phenoxy) is 2. The molecule has 0 aliphatic carbocycles. The second-order valence-corrected chi connectivity index (χ2v) is 5.51. The fourth-order valence-electron chi connectivity index (χ4n) is 2.58. The van der Waals surface area contributed by atoms with Crippen LogP contribution in [0.15, 0.2) is 48.6 Å². The Morgan fingerprint density at radius 1 is 1.32 bits per heavy atom. The van der Waals surface area contributed by atoms with Gasteiger partial charge in [0.05, 0.1) is 0 Å². The van der Waals surface area contributed by atoms with Crippen molar-refractivity contribution in [3.63, 3.8) is 0 Å². The minimum atomic E-state index is -0.344. The lowest BCUT2D eigenvalue weighted by Crippen LogP contribution is -2.35. The first-order valence-corrected chi connectivity index (χ1v) is 7.33. The van der Waals surface area contributed by atoms with Gasteiger partial charge in [-0.05, 0) is 23.8 Å². The van der Waals surface area contributed by atoms with Crippen molar-refractivity contribution < 1.29 is 14.3 Å². The van der Waals surface area contributed by atoms with E-state index in [-0.39, 0.29) is 5.97 Å². The predicted molar refractivity (Wildman–Crippen MR) is 85.6 cm³/mol. The van der Waals surface area contributed by atoms with Gasteiger partial charge >= 0.3 is 5.97 Å². The van der Waals surface area contributed by atoms with Gasteiger partial charge in [-0.1, -0.05) is 36.9 Å². The van der Waals surface area contributed by atoms with E-state index in [0.717, 1.165) is 12.3 Å². The largest absolute Gasteiger partial charge is 0.478 e. The fraction of sp³-hybridized carbons (Fsp3) is 0.278. The zero-order valence-electron chi connectivity index (χ0n) is 12.7. The molecule has 1 heterocycles. The van der Waals surface area contributed by atoms with E-state index in [1.54, 1.807) is 6.92 Å². The van der Waals surface area contributed by atoms with Crippen molar-refractivity contribution in [1.82, 2.24) is 4.90 Å². The molecule has 1 aliphatic rings. The van der Waals surface area contributed by atoms with Gasteiger partial charge < -0.3 is 9.47 Å². The molecule has 22 heavy (non-hydrogen) atoms. The lowest BCUT2D eigenvalue weighted by Gasteiger charge is -2.29. The first-order chi connectivity index (χ1) is 10.6. The number of benzene rings is 2. The van der Waals surface area contributed by atoms with Gasteiger partial charge in [0.25, 0.3) is 0 Å². The Labute approximate surface area is 129 Å². The van der Waals surface area contributed by atoms with E-state index >= 15 is 0 Å². The van der Waals surface area contributed by atoms with Gasteiger partial charge in [0.2, 0.25) is 0 Å². The van der Waals surface area contributed by atoms with Gasteiger partial charge in [-0.15, -0.1) is 0 Å². The normalized spacial score (nSPS) is 14.2. The zero-order chi connectivity index (χ0) is 15.5. The molecule has 2 aromatic carbocycles. The Morgan fingerprint density at radius 3 is 2.95 bits per heavy atom. The minimum Gasteiger partial charge on any atom is -0.478 e. The molecule has 0 unspecified atom stereocenters. The summed E-state index contributed by atoms with van der Waals surface area (Å²) in [5, 5.41) is 2.42. The number of hydrogen-bond donors (Lipinski definition) is 0. The van der Waals surface area contributed by atoms with Gasteiger partial charge in [-0.25, -0.2) is 4.79 Å². The van der Waals surface area contributed by atoms with Crippen molar-refractivity contribution >= 4 is 16.7 Å². The molecule has 0 atom stereocenters. The first kappa shape index (κ1) is 14.6. The number of carbonyl (C=O) groups excluding carboxylic acids is 1. The van der Waals surface area contributed by atoms with Crippen LogP contribution in [-0.2, 0) is 16.1 Å². The number of esters is 1. The topological polar surface area (TPSA) is 38.8 Å². The highest BCUT2D eigenvalue weighted by molar-refractivity contribution is 5.88. The molecule has 0 spiro atoms. The van der Waals surface area contributed by atoms with E-state index in [0.29, 0.717) is 25.5 Å². The van der Waals surface area contributed by atoms with E-state index in [4.69, 9.17) is 9.47 Å². The van der Waals surface area contributed by atoms with E-state index in [1.165, 1.54) is 16.3 Å². The molecule has 0 saturated carbocycles. The summed E-state index contributed by atoms with van der Waals surface area (Å²) >= 11 is 0. The van der Waals surface area contributed by atoms with Crippen LogP contribution < -0.4 is 4.74 Å². The number of rotatable bonds is 4. The first-order valence-electron chi connectivity index (χ1n) is 7.33. The highest BCUT2D eigenvalue weighted by atomic mass is 16.5. The van der Waals surface area contributed by atoms with Crippen molar-refractivity contribution in [2.75, 3.05) is 19.9 Å². The van der Waals surface area contributed by atoms with Gasteiger partial charge in [-0.3, -0.25) is 4.90 Å². The van der Waals surface area contributed by atoms with Crippen LogP contribution in [0.4, 0.5) is 0 Å². The average Bonchev–Trinajstić information content (AvgIpc) is 2.54.